The van der Waals surface area contributed by atoms with Crippen molar-refractivity contribution in [2.24, 2.45) is 0 Å². The zero-order valence-corrected chi connectivity index (χ0v) is 16.4. The van der Waals surface area contributed by atoms with Crippen molar-refractivity contribution in [3.63, 3.8) is 0 Å². The van der Waals surface area contributed by atoms with Gasteiger partial charge in [0, 0.05) is 5.56 Å². The van der Waals surface area contributed by atoms with Gasteiger partial charge in [-0.2, -0.15) is 0 Å². The van der Waals surface area contributed by atoms with Gasteiger partial charge in [0.15, 0.2) is 5.78 Å². The lowest BCUT2D eigenvalue weighted by Crippen LogP contribution is -2.08. The molecule has 0 aromatic heterocycles. The molecule has 3 aromatic carbocycles. The second kappa shape index (κ2) is 9.51. The molecule has 0 saturated heterocycles. The van der Waals surface area contributed by atoms with Crippen molar-refractivity contribution in [3.05, 3.63) is 101 Å². The Bertz CT molecular complexity index is 998. The van der Waals surface area contributed by atoms with E-state index in [-0.39, 0.29) is 5.78 Å². The number of rotatable bonds is 7. The number of benzene rings is 3. The highest BCUT2D eigenvalue weighted by atomic mass is 16.5. The Hall–Kier alpha value is -3.66. The normalized spacial score (nSPS) is 10.7. The minimum atomic E-state index is -0.431. The van der Waals surface area contributed by atoms with Crippen LogP contribution in [0.1, 0.15) is 38.8 Å². The molecule has 146 valence electrons. The van der Waals surface area contributed by atoms with Crippen LogP contribution in [0.5, 0.6) is 11.5 Å². The number of ether oxygens (including phenoxy) is 2. The van der Waals surface area contributed by atoms with Crippen LogP contribution >= 0.6 is 0 Å². The van der Waals surface area contributed by atoms with Crippen molar-refractivity contribution >= 4 is 17.8 Å². The van der Waals surface area contributed by atoms with Gasteiger partial charge in [0.05, 0.1) is 12.2 Å². The summed E-state index contributed by atoms with van der Waals surface area (Å²) in [4.78, 5) is 24.5. The first-order valence-electron chi connectivity index (χ1n) is 9.39. The lowest BCUT2D eigenvalue weighted by atomic mass is 10.1. The van der Waals surface area contributed by atoms with Gasteiger partial charge in [-0.05, 0) is 74.0 Å². The third kappa shape index (κ3) is 5.66. The molecule has 0 bridgehead atoms. The van der Waals surface area contributed by atoms with Crippen molar-refractivity contribution in [1.29, 1.82) is 0 Å². The first kappa shape index (κ1) is 20.1. The molecule has 0 saturated carbocycles. The summed E-state index contributed by atoms with van der Waals surface area (Å²) in [6.07, 6.45) is 3.27. The molecule has 29 heavy (non-hydrogen) atoms. The highest BCUT2D eigenvalue weighted by Crippen LogP contribution is 2.17. The summed E-state index contributed by atoms with van der Waals surface area (Å²) in [5.41, 5.74) is 2.98. The van der Waals surface area contributed by atoms with Gasteiger partial charge in [-0.15, -0.1) is 0 Å². The maximum absolute atomic E-state index is 12.4. The lowest BCUT2D eigenvalue weighted by Gasteiger charge is -2.05. The van der Waals surface area contributed by atoms with Crippen LogP contribution < -0.4 is 9.47 Å². The molecule has 0 heterocycles. The third-order valence-corrected chi connectivity index (χ3v) is 4.25. The number of carbonyl (C=O) groups excluding carboxylic acids is 2. The van der Waals surface area contributed by atoms with Gasteiger partial charge in [0.25, 0.3) is 0 Å². The van der Waals surface area contributed by atoms with Crippen molar-refractivity contribution in [2.45, 2.75) is 13.8 Å². The van der Waals surface area contributed by atoms with Crippen molar-refractivity contribution in [2.75, 3.05) is 6.61 Å². The molecule has 0 N–H and O–H groups in total. The van der Waals surface area contributed by atoms with Gasteiger partial charge in [0.1, 0.15) is 11.5 Å². The molecule has 0 atom stereocenters. The van der Waals surface area contributed by atoms with Crippen molar-refractivity contribution in [1.82, 2.24) is 0 Å². The predicted molar refractivity (Wildman–Crippen MR) is 114 cm³/mol. The number of carbonyl (C=O) groups is 2. The number of hydrogen-bond donors (Lipinski definition) is 0. The number of aryl methyl sites for hydroxylation is 1. The summed E-state index contributed by atoms with van der Waals surface area (Å²) < 4.78 is 10.8. The smallest absolute Gasteiger partial charge is 0.343 e. The van der Waals surface area contributed by atoms with E-state index >= 15 is 0 Å². The van der Waals surface area contributed by atoms with Gasteiger partial charge in [-0.1, -0.05) is 35.9 Å². The molecular formula is C25H22O4. The first-order chi connectivity index (χ1) is 14.0. The van der Waals surface area contributed by atoms with E-state index in [0.717, 1.165) is 16.9 Å². The number of esters is 1. The van der Waals surface area contributed by atoms with Crippen LogP contribution in [0, 0.1) is 6.92 Å². The van der Waals surface area contributed by atoms with Crippen molar-refractivity contribution in [3.8, 4) is 11.5 Å². The van der Waals surface area contributed by atoms with Crippen LogP contribution in [0.25, 0.3) is 6.08 Å². The molecule has 0 amide bonds. The largest absolute Gasteiger partial charge is 0.494 e. The number of hydrogen-bond acceptors (Lipinski definition) is 4. The second-order valence-electron chi connectivity index (χ2n) is 6.48. The average molecular weight is 386 g/mol. The molecule has 0 aliphatic heterocycles. The predicted octanol–water partition coefficient (Wildman–Crippen LogP) is 5.51. The molecule has 4 nitrogen and oxygen atoms in total. The number of ketones is 1. The fourth-order valence-electron chi connectivity index (χ4n) is 2.65. The van der Waals surface area contributed by atoms with Gasteiger partial charge < -0.3 is 9.47 Å². The van der Waals surface area contributed by atoms with Crippen LogP contribution in [-0.4, -0.2) is 18.4 Å². The van der Waals surface area contributed by atoms with Crippen LogP contribution in [0.2, 0.25) is 0 Å². The molecule has 0 radical (unpaired) electrons. The van der Waals surface area contributed by atoms with Crippen LogP contribution in [0.15, 0.2) is 78.9 Å². The van der Waals surface area contributed by atoms with E-state index < -0.39 is 5.97 Å². The Morgan fingerprint density at radius 1 is 0.793 bits per heavy atom. The number of allylic oxidation sites excluding steroid dienone is 1. The minimum absolute atomic E-state index is 0.129. The zero-order valence-electron chi connectivity index (χ0n) is 16.4. The fraction of sp³-hybridized carbons (Fsp3) is 0.120. The van der Waals surface area contributed by atoms with Gasteiger partial charge >= 0.3 is 5.97 Å². The fourth-order valence-corrected chi connectivity index (χ4v) is 2.65. The Labute approximate surface area is 170 Å². The Morgan fingerprint density at radius 2 is 1.38 bits per heavy atom. The summed E-state index contributed by atoms with van der Waals surface area (Å²) in [6.45, 7) is 4.50. The molecule has 0 fully saturated rings. The SMILES string of the molecule is CCOc1ccc(/C=C/C(=O)c2ccc(OC(=O)c3ccc(C)cc3)cc2)cc1. The maximum Gasteiger partial charge on any atom is 0.343 e. The quantitative estimate of drug-likeness (QED) is 0.233. The molecule has 4 heteroatoms. The summed E-state index contributed by atoms with van der Waals surface area (Å²) in [6, 6.07) is 21.2. The summed E-state index contributed by atoms with van der Waals surface area (Å²) in [7, 11) is 0. The van der Waals surface area contributed by atoms with E-state index in [2.05, 4.69) is 0 Å². The Kier molecular flexibility index (Phi) is 6.59. The average Bonchev–Trinajstić information content (AvgIpc) is 2.74. The molecule has 0 aliphatic rings. The van der Waals surface area contributed by atoms with E-state index in [9.17, 15) is 9.59 Å². The summed E-state index contributed by atoms with van der Waals surface area (Å²) in [5.74, 6) is 0.629. The molecule has 3 aromatic rings. The first-order valence-corrected chi connectivity index (χ1v) is 9.39. The minimum Gasteiger partial charge on any atom is -0.494 e. The van der Waals surface area contributed by atoms with Crippen LogP contribution in [0.3, 0.4) is 0 Å². The standard InChI is InChI=1S/C25H22O4/c1-3-28-22-13-6-19(7-14-22)8-17-24(26)20-11-15-23(16-12-20)29-25(27)21-9-4-18(2)5-10-21/h4-17H,3H2,1-2H3/b17-8+. The topological polar surface area (TPSA) is 52.6 Å². The molecule has 0 unspecified atom stereocenters. The van der Waals surface area contributed by atoms with Crippen molar-refractivity contribution < 1.29 is 19.1 Å². The van der Waals surface area contributed by atoms with E-state index in [1.54, 1.807) is 42.5 Å². The molecule has 0 aliphatic carbocycles. The molecular weight excluding hydrogens is 364 g/mol. The monoisotopic (exact) mass is 386 g/mol. The molecule has 0 spiro atoms. The molecule has 3 rings (SSSR count). The maximum atomic E-state index is 12.4. The summed E-state index contributed by atoms with van der Waals surface area (Å²) >= 11 is 0. The third-order valence-electron chi connectivity index (χ3n) is 4.25. The van der Waals surface area contributed by atoms with Crippen LogP contribution in [-0.2, 0) is 0 Å². The zero-order chi connectivity index (χ0) is 20.6. The van der Waals surface area contributed by atoms with Gasteiger partial charge in [0.2, 0.25) is 0 Å². The summed E-state index contributed by atoms with van der Waals surface area (Å²) in [5, 5.41) is 0. The van der Waals surface area contributed by atoms with Crippen LogP contribution in [0.4, 0.5) is 0 Å². The Balaban J connectivity index is 1.60. The van der Waals surface area contributed by atoms with Gasteiger partial charge in [-0.25, -0.2) is 4.79 Å². The van der Waals surface area contributed by atoms with E-state index in [1.165, 1.54) is 6.08 Å². The van der Waals surface area contributed by atoms with E-state index in [4.69, 9.17) is 9.47 Å². The van der Waals surface area contributed by atoms with E-state index in [1.807, 2.05) is 50.2 Å². The lowest BCUT2D eigenvalue weighted by molar-refractivity contribution is 0.0734. The Morgan fingerprint density at radius 3 is 2.00 bits per heavy atom. The van der Waals surface area contributed by atoms with Gasteiger partial charge in [-0.3, -0.25) is 4.79 Å². The second-order valence-corrected chi connectivity index (χ2v) is 6.48. The van der Waals surface area contributed by atoms with E-state index in [0.29, 0.717) is 23.5 Å². The highest BCUT2D eigenvalue weighted by molar-refractivity contribution is 6.06. The highest BCUT2D eigenvalue weighted by Gasteiger charge is 2.09.